The van der Waals surface area contributed by atoms with Crippen LogP contribution in [0.4, 0.5) is 0 Å². The predicted octanol–water partition coefficient (Wildman–Crippen LogP) is 3.72. The molecule has 5 aromatic rings. The van der Waals surface area contributed by atoms with Crippen molar-refractivity contribution in [3.05, 3.63) is 112 Å². The Balaban J connectivity index is 1.62. The fourth-order valence-corrected chi connectivity index (χ4v) is 4.39. The maximum Gasteiger partial charge on any atom is 0.272 e. The van der Waals surface area contributed by atoms with E-state index < -0.39 is 11.9 Å². The second-order valence-corrected chi connectivity index (χ2v) is 9.01. The van der Waals surface area contributed by atoms with Crippen molar-refractivity contribution in [3.8, 4) is 23.4 Å². The van der Waals surface area contributed by atoms with Crippen LogP contribution in [0.1, 0.15) is 46.0 Å². The monoisotopic (exact) mass is 518 g/mol. The first kappa shape index (κ1) is 25.4. The summed E-state index contributed by atoms with van der Waals surface area (Å²) in [5, 5.41) is 8.35. The van der Waals surface area contributed by atoms with Crippen LogP contribution in [-0.2, 0) is 7.05 Å². The van der Waals surface area contributed by atoms with E-state index >= 15 is 0 Å². The van der Waals surface area contributed by atoms with Gasteiger partial charge in [0.25, 0.3) is 11.5 Å². The number of hydrogen-bond donors (Lipinski definition) is 1. The lowest BCUT2D eigenvalue weighted by molar-refractivity contribution is 0.0932. The summed E-state index contributed by atoms with van der Waals surface area (Å²) in [4.78, 5) is 35.7. The van der Waals surface area contributed by atoms with Gasteiger partial charge in [-0.05, 0) is 43.5 Å². The average molecular weight is 519 g/mol. The van der Waals surface area contributed by atoms with Crippen molar-refractivity contribution in [2.75, 3.05) is 7.11 Å². The summed E-state index contributed by atoms with van der Waals surface area (Å²) >= 11 is 0. The molecule has 9 nitrogen and oxygen atoms in total. The molecule has 0 bridgehead atoms. The Morgan fingerprint density at radius 3 is 2.56 bits per heavy atom. The highest BCUT2D eigenvalue weighted by Gasteiger charge is 2.21. The molecule has 0 saturated heterocycles. The first-order valence-electron chi connectivity index (χ1n) is 12.3. The number of nitrogens with zero attached hydrogens (tertiary/aromatic N) is 5. The SMILES string of the molecule is COc1cnc(C(=O)NC(C)c2cc3cccc(C#Cc4cnn(C)c4)c3c(=O)n2-c2ccccc2)c(C)n1. The summed E-state index contributed by atoms with van der Waals surface area (Å²) in [6.45, 7) is 3.52. The molecule has 0 aliphatic rings. The van der Waals surface area contributed by atoms with E-state index in [9.17, 15) is 9.59 Å². The summed E-state index contributed by atoms with van der Waals surface area (Å²) in [5.41, 5.74) is 3.05. The summed E-state index contributed by atoms with van der Waals surface area (Å²) in [6.07, 6.45) is 4.89. The number of para-hydroxylation sites is 1. The van der Waals surface area contributed by atoms with Gasteiger partial charge in [0, 0.05) is 30.2 Å². The number of benzene rings is 2. The van der Waals surface area contributed by atoms with E-state index in [-0.39, 0.29) is 11.3 Å². The second kappa shape index (κ2) is 10.6. The maximum absolute atomic E-state index is 14.1. The largest absolute Gasteiger partial charge is 0.480 e. The van der Waals surface area contributed by atoms with Crippen molar-refractivity contribution in [3.63, 3.8) is 0 Å². The van der Waals surface area contributed by atoms with Crippen LogP contribution in [0.2, 0.25) is 0 Å². The molecule has 194 valence electrons. The number of carbonyl (C=O) groups is 1. The van der Waals surface area contributed by atoms with E-state index in [1.807, 2.05) is 74.8 Å². The van der Waals surface area contributed by atoms with E-state index in [0.717, 1.165) is 10.9 Å². The van der Waals surface area contributed by atoms with Crippen LogP contribution in [0.25, 0.3) is 16.5 Å². The first-order chi connectivity index (χ1) is 18.9. The van der Waals surface area contributed by atoms with Crippen LogP contribution in [0, 0.1) is 18.8 Å². The van der Waals surface area contributed by atoms with E-state index in [1.165, 1.54) is 13.3 Å². The lowest BCUT2D eigenvalue weighted by Gasteiger charge is -2.21. The molecule has 0 aliphatic heterocycles. The molecule has 0 radical (unpaired) electrons. The van der Waals surface area contributed by atoms with Crippen LogP contribution in [0.3, 0.4) is 0 Å². The summed E-state index contributed by atoms with van der Waals surface area (Å²) < 4.78 is 8.39. The predicted molar refractivity (Wildman–Crippen MR) is 148 cm³/mol. The van der Waals surface area contributed by atoms with Gasteiger partial charge >= 0.3 is 0 Å². The van der Waals surface area contributed by atoms with Gasteiger partial charge in [0.05, 0.1) is 42.2 Å². The quantitative estimate of drug-likeness (QED) is 0.356. The van der Waals surface area contributed by atoms with Crippen LogP contribution in [-0.4, -0.2) is 37.3 Å². The number of hydrogen-bond acceptors (Lipinski definition) is 6. The molecular formula is C30H26N6O3. The van der Waals surface area contributed by atoms with Crippen molar-refractivity contribution in [2.45, 2.75) is 19.9 Å². The molecule has 1 unspecified atom stereocenters. The Hall–Kier alpha value is -5.23. The third kappa shape index (κ3) is 5.13. The number of aromatic nitrogens is 5. The third-order valence-electron chi connectivity index (χ3n) is 6.28. The van der Waals surface area contributed by atoms with Gasteiger partial charge in [0.2, 0.25) is 5.88 Å². The zero-order valence-corrected chi connectivity index (χ0v) is 22.0. The Morgan fingerprint density at radius 1 is 1.08 bits per heavy atom. The van der Waals surface area contributed by atoms with Gasteiger partial charge in [0.1, 0.15) is 5.69 Å². The second-order valence-electron chi connectivity index (χ2n) is 9.01. The molecule has 3 aromatic heterocycles. The number of aryl methyl sites for hydroxylation is 2. The zero-order valence-electron chi connectivity index (χ0n) is 22.0. The lowest BCUT2D eigenvalue weighted by atomic mass is 10.0. The number of pyridine rings is 1. The lowest BCUT2D eigenvalue weighted by Crippen LogP contribution is -2.33. The van der Waals surface area contributed by atoms with E-state index in [1.54, 1.807) is 22.4 Å². The molecule has 0 fully saturated rings. The van der Waals surface area contributed by atoms with Gasteiger partial charge < -0.3 is 10.1 Å². The van der Waals surface area contributed by atoms with Crippen molar-refractivity contribution in [1.82, 2.24) is 29.6 Å². The molecule has 1 amide bonds. The molecule has 0 aliphatic carbocycles. The fourth-order valence-electron chi connectivity index (χ4n) is 4.39. The summed E-state index contributed by atoms with van der Waals surface area (Å²) in [6, 6.07) is 16.3. The molecule has 5 rings (SSSR count). The molecule has 3 heterocycles. The Bertz CT molecular complexity index is 1810. The fraction of sp³-hybridized carbons (Fsp3) is 0.167. The van der Waals surface area contributed by atoms with Crippen LogP contribution >= 0.6 is 0 Å². The molecule has 0 saturated carbocycles. The summed E-state index contributed by atoms with van der Waals surface area (Å²) in [5.74, 6) is 6.16. The smallest absolute Gasteiger partial charge is 0.272 e. The molecule has 9 heteroatoms. The van der Waals surface area contributed by atoms with Gasteiger partial charge in [-0.25, -0.2) is 9.97 Å². The molecule has 0 spiro atoms. The number of fused-ring (bicyclic) bond motifs is 1. The standard InChI is InChI=1S/C30H26N6O3/c1-19(34-29(37)28-20(2)33-26(39-4)17-31-28)25-15-23-10-8-9-22(14-13-21-16-32-35(3)18-21)27(23)30(38)36(25)24-11-6-5-7-12-24/h5-12,15-19H,1-4H3,(H,34,37). The van der Waals surface area contributed by atoms with Crippen LogP contribution < -0.4 is 15.6 Å². The molecule has 1 N–H and O–H groups in total. The van der Waals surface area contributed by atoms with Gasteiger partial charge in [-0.15, -0.1) is 0 Å². The van der Waals surface area contributed by atoms with Gasteiger partial charge in [-0.2, -0.15) is 5.10 Å². The minimum absolute atomic E-state index is 0.185. The number of methoxy groups -OCH3 is 1. The third-order valence-corrected chi connectivity index (χ3v) is 6.28. The first-order valence-corrected chi connectivity index (χ1v) is 12.3. The molecule has 1 atom stereocenters. The van der Waals surface area contributed by atoms with E-state index in [2.05, 4.69) is 32.2 Å². The van der Waals surface area contributed by atoms with Gasteiger partial charge in [-0.3, -0.25) is 18.8 Å². The molecular weight excluding hydrogens is 492 g/mol. The topological polar surface area (TPSA) is 104 Å². The van der Waals surface area contributed by atoms with Crippen LogP contribution in [0.15, 0.2) is 78.0 Å². The Labute approximate surface area is 225 Å². The highest BCUT2D eigenvalue weighted by molar-refractivity contribution is 5.93. The number of ether oxygens (including phenoxy) is 1. The van der Waals surface area contributed by atoms with E-state index in [4.69, 9.17) is 4.74 Å². The van der Waals surface area contributed by atoms with E-state index in [0.29, 0.717) is 33.9 Å². The van der Waals surface area contributed by atoms with Crippen molar-refractivity contribution in [2.24, 2.45) is 7.05 Å². The number of rotatable bonds is 5. The van der Waals surface area contributed by atoms with Gasteiger partial charge in [0.15, 0.2) is 0 Å². The number of carbonyl (C=O) groups excluding carboxylic acids is 1. The highest BCUT2D eigenvalue weighted by atomic mass is 16.5. The Morgan fingerprint density at radius 2 is 1.87 bits per heavy atom. The van der Waals surface area contributed by atoms with Crippen LogP contribution in [0.5, 0.6) is 5.88 Å². The maximum atomic E-state index is 14.1. The minimum Gasteiger partial charge on any atom is -0.480 e. The molecule has 2 aromatic carbocycles. The minimum atomic E-state index is -0.539. The Kier molecular flexibility index (Phi) is 6.93. The van der Waals surface area contributed by atoms with Crippen molar-refractivity contribution in [1.29, 1.82) is 0 Å². The number of nitrogens with one attached hydrogen (secondary N) is 1. The number of amides is 1. The average Bonchev–Trinajstić information content (AvgIpc) is 3.36. The summed E-state index contributed by atoms with van der Waals surface area (Å²) in [7, 11) is 3.31. The zero-order chi connectivity index (χ0) is 27.5. The van der Waals surface area contributed by atoms with Crippen molar-refractivity contribution >= 4 is 16.7 Å². The van der Waals surface area contributed by atoms with Gasteiger partial charge in [-0.1, -0.05) is 42.2 Å². The normalized spacial score (nSPS) is 11.5. The van der Waals surface area contributed by atoms with Crippen molar-refractivity contribution < 1.29 is 9.53 Å². The molecule has 39 heavy (non-hydrogen) atoms. The highest BCUT2D eigenvalue weighted by Crippen LogP contribution is 2.23.